The highest BCUT2D eigenvalue weighted by Crippen LogP contribution is 2.22. The number of anilines is 1. The molecule has 3 aromatic heterocycles. The number of aromatic nitrogens is 5. The third-order valence-corrected chi connectivity index (χ3v) is 4.65. The third-order valence-electron chi connectivity index (χ3n) is 4.65. The molecule has 1 atom stereocenters. The Hall–Kier alpha value is -3.23. The number of rotatable bonds is 3. The first kappa shape index (κ1) is 19.1. The van der Waals surface area contributed by atoms with Crippen molar-refractivity contribution in [2.24, 2.45) is 0 Å². The summed E-state index contributed by atoms with van der Waals surface area (Å²) in [5, 5.41) is 7.75. The van der Waals surface area contributed by atoms with Gasteiger partial charge in [0.25, 0.3) is 0 Å². The van der Waals surface area contributed by atoms with Gasteiger partial charge >= 0.3 is 6.09 Å². The van der Waals surface area contributed by atoms with Crippen molar-refractivity contribution in [3.63, 3.8) is 0 Å². The molecule has 1 amide bonds. The Bertz CT molecular complexity index is 1010. The lowest BCUT2D eigenvalue weighted by Crippen LogP contribution is -2.47. The van der Waals surface area contributed by atoms with Crippen molar-refractivity contribution < 1.29 is 9.53 Å². The Morgan fingerprint density at radius 1 is 1.28 bits per heavy atom. The van der Waals surface area contributed by atoms with E-state index in [0.29, 0.717) is 24.7 Å². The number of fused-ring (bicyclic) bond motifs is 1. The maximum atomic E-state index is 12.4. The second kappa shape index (κ2) is 7.65. The molecular weight excluding hydrogens is 370 g/mol. The van der Waals surface area contributed by atoms with Gasteiger partial charge in [-0.25, -0.2) is 19.3 Å². The molecule has 9 heteroatoms. The molecule has 1 aliphatic rings. The zero-order chi connectivity index (χ0) is 20.4. The molecule has 152 valence electrons. The number of hydrogen-bond acceptors (Lipinski definition) is 7. The van der Waals surface area contributed by atoms with Gasteiger partial charge < -0.3 is 15.0 Å². The lowest BCUT2D eigenvalue weighted by molar-refractivity contribution is 0.0206. The van der Waals surface area contributed by atoms with E-state index in [1.165, 1.54) is 0 Å². The molecule has 4 heterocycles. The fraction of sp³-hybridized carbons (Fsp3) is 0.450. The van der Waals surface area contributed by atoms with Crippen LogP contribution in [0.15, 0.2) is 37.1 Å². The third kappa shape index (κ3) is 4.44. The standard InChI is InChI=1S/C20H25N7O2/c1-20(2,3)29-19(28)26-9-4-5-14(13-26)24-17-6-7-22-18(25-17)15-11-23-27-10-8-21-12-16(15)27/h6-8,10-12,14H,4-5,9,13H2,1-3H3,(H,22,24,25)/t14-/m1/s1. The fourth-order valence-corrected chi connectivity index (χ4v) is 3.37. The number of piperidine rings is 1. The van der Waals surface area contributed by atoms with Crippen molar-refractivity contribution in [2.45, 2.75) is 45.3 Å². The minimum Gasteiger partial charge on any atom is -0.444 e. The summed E-state index contributed by atoms with van der Waals surface area (Å²) in [6.45, 7) is 6.92. The maximum absolute atomic E-state index is 12.4. The number of carbonyl (C=O) groups excluding carboxylic acids is 1. The summed E-state index contributed by atoms with van der Waals surface area (Å²) in [6.07, 6.45) is 10.3. The van der Waals surface area contributed by atoms with Crippen molar-refractivity contribution in [2.75, 3.05) is 18.4 Å². The Kier molecular flexibility index (Phi) is 5.04. The molecule has 0 aromatic carbocycles. The van der Waals surface area contributed by atoms with Gasteiger partial charge in [-0.2, -0.15) is 5.10 Å². The first-order chi connectivity index (χ1) is 13.9. The van der Waals surface area contributed by atoms with Gasteiger partial charge in [-0.05, 0) is 39.7 Å². The number of hydrogen-bond donors (Lipinski definition) is 1. The highest BCUT2D eigenvalue weighted by molar-refractivity contribution is 5.75. The molecule has 1 N–H and O–H groups in total. The monoisotopic (exact) mass is 395 g/mol. The number of nitrogens with zero attached hydrogens (tertiary/aromatic N) is 6. The Balaban J connectivity index is 1.47. The minimum atomic E-state index is -0.498. The smallest absolute Gasteiger partial charge is 0.410 e. The Morgan fingerprint density at radius 2 is 2.14 bits per heavy atom. The number of nitrogens with one attached hydrogen (secondary N) is 1. The van der Waals surface area contributed by atoms with Crippen molar-refractivity contribution in [1.29, 1.82) is 0 Å². The summed E-state index contributed by atoms with van der Waals surface area (Å²) < 4.78 is 7.24. The van der Waals surface area contributed by atoms with Gasteiger partial charge in [-0.3, -0.25) is 4.98 Å². The summed E-state index contributed by atoms with van der Waals surface area (Å²) in [4.78, 5) is 27.3. The van der Waals surface area contributed by atoms with E-state index < -0.39 is 5.60 Å². The van der Waals surface area contributed by atoms with Gasteiger partial charge in [0.2, 0.25) is 0 Å². The van der Waals surface area contributed by atoms with E-state index >= 15 is 0 Å². The molecule has 9 nitrogen and oxygen atoms in total. The molecule has 0 radical (unpaired) electrons. The van der Waals surface area contributed by atoms with Gasteiger partial charge in [0.15, 0.2) is 5.82 Å². The molecular formula is C20H25N7O2. The van der Waals surface area contributed by atoms with Crippen LogP contribution in [0.1, 0.15) is 33.6 Å². The number of amides is 1. The van der Waals surface area contributed by atoms with Crippen LogP contribution in [0.4, 0.5) is 10.6 Å². The van der Waals surface area contributed by atoms with Crippen LogP contribution in [0.5, 0.6) is 0 Å². The summed E-state index contributed by atoms with van der Waals surface area (Å²) in [6, 6.07) is 1.93. The normalized spacial score (nSPS) is 17.3. The van der Waals surface area contributed by atoms with Crippen LogP contribution >= 0.6 is 0 Å². The first-order valence-electron chi connectivity index (χ1n) is 9.74. The van der Waals surface area contributed by atoms with Crippen LogP contribution in [0, 0.1) is 0 Å². The lowest BCUT2D eigenvalue weighted by Gasteiger charge is -2.34. The predicted octanol–water partition coefficient (Wildman–Crippen LogP) is 3.00. The molecule has 0 unspecified atom stereocenters. The van der Waals surface area contributed by atoms with Gasteiger partial charge in [0, 0.05) is 37.7 Å². The highest BCUT2D eigenvalue weighted by Gasteiger charge is 2.27. The van der Waals surface area contributed by atoms with Crippen LogP contribution in [0.2, 0.25) is 0 Å². The molecule has 0 aliphatic carbocycles. The van der Waals surface area contributed by atoms with E-state index in [4.69, 9.17) is 4.74 Å². The maximum Gasteiger partial charge on any atom is 0.410 e. The van der Waals surface area contributed by atoms with Gasteiger partial charge in [-0.1, -0.05) is 0 Å². The molecule has 1 saturated heterocycles. The van der Waals surface area contributed by atoms with E-state index in [1.807, 2.05) is 26.8 Å². The Morgan fingerprint density at radius 3 is 2.97 bits per heavy atom. The van der Waals surface area contributed by atoms with E-state index in [1.54, 1.807) is 40.4 Å². The zero-order valence-electron chi connectivity index (χ0n) is 16.9. The fourth-order valence-electron chi connectivity index (χ4n) is 3.37. The second-order valence-electron chi connectivity index (χ2n) is 8.14. The molecule has 1 aliphatic heterocycles. The summed E-state index contributed by atoms with van der Waals surface area (Å²) in [7, 11) is 0. The average molecular weight is 395 g/mol. The summed E-state index contributed by atoms with van der Waals surface area (Å²) in [5.41, 5.74) is 1.17. The van der Waals surface area contributed by atoms with Crippen molar-refractivity contribution >= 4 is 17.4 Å². The SMILES string of the molecule is CC(C)(C)OC(=O)N1CCC[C@@H](Nc2ccnc(-c3cnn4ccncc34)n2)C1. The number of likely N-dealkylation sites (tertiary alicyclic amines) is 1. The van der Waals surface area contributed by atoms with Gasteiger partial charge in [0.1, 0.15) is 11.4 Å². The van der Waals surface area contributed by atoms with Crippen LogP contribution in [0.25, 0.3) is 16.9 Å². The van der Waals surface area contributed by atoms with E-state index in [2.05, 4.69) is 25.4 Å². The molecule has 1 fully saturated rings. The van der Waals surface area contributed by atoms with Crippen LogP contribution < -0.4 is 5.32 Å². The molecule has 0 saturated carbocycles. The van der Waals surface area contributed by atoms with Crippen molar-refractivity contribution in [3.05, 3.63) is 37.1 Å². The van der Waals surface area contributed by atoms with Gasteiger partial charge in [-0.15, -0.1) is 0 Å². The van der Waals surface area contributed by atoms with E-state index in [0.717, 1.165) is 23.9 Å². The van der Waals surface area contributed by atoms with Crippen molar-refractivity contribution in [1.82, 2.24) is 29.5 Å². The number of ether oxygens (including phenoxy) is 1. The molecule has 0 spiro atoms. The molecule has 4 rings (SSSR count). The van der Waals surface area contributed by atoms with Crippen molar-refractivity contribution in [3.8, 4) is 11.4 Å². The van der Waals surface area contributed by atoms with E-state index in [-0.39, 0.29) is 12.1 Å². The minimum absolute atomic E-state index is 0.101. The predicted molar refractivity (Wildman–Crippen MR) is 108 cm³/mol. The number of carbonyl (C=O) groups is 1. The van der Waals surface area contributed by atoms with Gasteiger partial charge in [0.05, 0.1) is 23.5 Å². The topological polar surface area (TPSA) is 97.5 Å². The van der Waals surface area contributed by atoms with E-state index in [9.17, 15) is 4.79 Å². The Labute approximate surface area is 169 Å². The molecule has 3 aromatic rings. The second-order valence-corrected chi connectivity index (χ2v) is 8.14. The first-order valence-corrected chi connectivity index (χ1v) is 9.74. The average Bonchev–Trinajstić information content (AvgIpc) is 3.11. The largest absolute Gasteiger partial charge is 0.444 e. The lowest BCUT2D eigenvalue weighted by atomic mass is 10.1. The highest BCUT2D eigenvalue weighted by atomic mass is 16.6. The summed E-state index contributed by atoms with van der Waals surface area (Å²) in [5.74, 6) is 1.30. The quantitative estimate of drug-likeness (QED) is 0.728. The molecule has 0 bridgehead atoms. The van der Waals surface area contributed by atoms with Crippen LogP contribution in [-0.4, -0.2) is 60.3 Å². The summed E-state index contributed by atoms with van der Waals surface area (Å²) >= 11 is 0. The van der Waals surface area contributed by atoms with Crippen LogP contribution in [-0.2, 0) is 4.74 Å². The zero-order valence-corrected chi connectivity index (χ0v) is 16.9. The van der Waals surface area contributed by atoms with Crippen LogP contribution in [0.3, 0.4) is 0 Å². The molecule has 29 heavy (non-hydrogen) atoms.